The molecule has 37 heavy (non-hydrogen) atoms. The molecular formula is C26H40N4O7. The Bertz CT molecular complexity index is 1000. The fourth-order valence-electron chi connectivity index (χ4n) is 3.55. The number of carbonyl (C=O) groups is 5. The van der Waals surface area contributed by atoms with Crippen LogP contribution in [0, 0.1) is 13.8 Å². The Kier molecular flexibility index (Phi) is 11.6. The number of alkyl carbamates (subject to hydrolysis) is 1. The molecule has 0 aliphatic rings. The van der Waals surface area contributed by atoms with Gasteiger partial charge < -0.3 is 30.7 Å². The van der Waals surface area contributed by atoms with Crippen LogP contribution in [0.3, 0.4) is 0 Å². The average Bonchev–Trinajstić information content (AvgIpc) is 2.78. The smallest absolute Gasteiger partial charge is 0.408 e. The number of amides is 4. The van der Waals surface area contributed by atoms with Gasteiger partial charge in [-0.05, 0) is 71.6 Å². The number of ether oxygens (including phenoxy) is 2. The van der Waals surface area contributed by atoms with E-state index >= 15 is 0 Å². The summed E-state index contributed by atoms with van der Waals surface area (Å²) >= 11 is 0. The monoisotopic (exact) mass is 520 g/mol. The zero-order valence-electron chi connectivity index (χ0n) is 23.0. The number of carbonyl (C=O) groups excluding carboxylic acids is 5. The normalized spacial score (nSPS) is 12.8. The van der Waals surface area contributed by atoms with Crippen LogP contribution in [0.2, 0.25) is 0 Å². The molecule has 11 nitrogen and oxygen atoms in total. The van der Waals surface area contributed by atoms with E-state index in [-0.39, 0.29) is 12.8 Å². The highest BCUT2D eigenvalue weighted by atomic mass is 16.6. The summed E-state index contributed by atoms with van der Waals surface area (Å²) in [6.45, 7) is 11.9. The first kappa shape index (κ1) is 31.4. The number of nitrogens with two attached hydrogens (primary N) is 1. The van der Waals surface area contributed by atoms with Crippen LogP contribution < -0.4 is 16.4 Å². The lowest BCUT2D eigenvalue weighted by Gasteiger charge is -2.37. The van der Waals surface area contributed by atoms with Crippen molar-refractivity contribution in [3.63, 3.8) is 0 Å². The second kappa shape index (κ2) is 13.6. The molecule has 1 aromatic rings. The van der Waals surface area contributed by atoms with Gasteiger partial charge in [-0.3, -0.25) is 19.2 Å². The molecule has 4 amide bonds. The minimum Gasteiger partial charge on any atom is -0.468 e. The summed E-state index contributed by atoms with van der Waals surface area (Å²) in [6, 6.07) is 2.49. The Morgan fingerprint density at radius 1 is 1.05 bits per heavy atom. The quantitative estimate of drug-likeness (QED) is 0.377. The van der Waals surface area contributed by atoms with E-state index in [0.717, 1.165) is 11.1 Å². The molecule has 0 radical (unpaired) electrons. The van der Waals surface area contributed by atoms with Gasteiger partial charge >= 0.3 is 12.1 Å². The number of aryl methyl sites for hydroxylation is 2. The number of nitrogens with zero attached hydrogens (tertiary/aromatic N) is 1. The largest absolute Gasteiger partial charge is 0.468 e. The maximum absolute atomic E-state index is 13.9. The lowest BCUT2D eigenvalue weighted by Crippen LogP contribution is -2.55. The van der Waals surface area contributed by atoms with E-state index < -0.39 is 60.1 Å². The van der Waals surface area contributed by atoms with Gasteiger partial charge in [0.1, 0.15) is 24.2 Å². The predicted octanol–water partition coefficient (Wildman–Crippen LogP) is 2.03. The zero-order chi connectivity index (χ0) is 28.5. The molecular weight excluding hydrogens is 480 g/mol. The van der Waals surface area contributed by atoms with Crippen molar-refractivity contribution in [1.82, 2.24) is 15.5 Å². The highest BCUT2D eigenvalue weighted by molar-refractivity contribution is 5.93. The molecule has 0 heterocycles. The van der Waals surface area contributed by atoms with Crippen molar-refractivity contribution in [2.24, 2.45) is 5.73 Å². The number of nitrogens with one attached hydrogen (secondary N) is 2. The molecule has 4 N–H and O–H groups in total. The minimum absolute atomic E-state index is 0.0972. The van der Waals surface area contributed by atoms with Gasteiger partial charge in [0.2, 0.25) is 17.7 Å². The van der Waals surface area contributed by atoms with E-state index in [1.54, 1.807) is 46.8 Å². The number of hydrogen-bond donors (Lipinski definition) is 3. The highest BCUT2D eigenvalue weighted by Crippen LogP contribution is 2.27. The second-order valence-corrected chi connectivity index (χ2v) is 10.1. The van der Waals surface area contributed by atoms with Crippen molar-refractivity contribution in [3.05, 3.63) is 34.9 Å². The maximum atomic E-state index is 13.9. The number of benzene rings is 1. The molecule has 2 unspecified atom stereocenters. The van der Waals surface area contributed by atoms with Crippen LogP contribution in [0.5, 0.6) is 0 Å². The Labute approximate surface area is 218 Å². The first-order valence-electron chi connectivity index (χ1n) is 12.1. The van der Waals surface area contributed by atoms with Crippen LogP contribution in [0.4, 0.5) is 4.79 Å². The molecule has 0 saturated heterocycles. The predicted molar refractivity (Wildman–Crippen MR) is 137 cm³/mol. The Hall–Kier alpha value is -3.63. The fraction of sp³-hybridized carbons (Fsp3) is 0.577. The van der Waals surface area contributed by atoms with Crippen molar-refractivity contribution in [1.29, 1.82) is 0 Å². The fourth-order valence-corrected chi connectivity index (χ4v) is 3.55. The summed E-state index contributed by atoms with van der Waals surface area (Å²) in [7, 11) is 1.20. The number of methoxy groups -OCH3 is 1. The number of hydrogen-bond acceptors (Lipinski definition) is 7. The van der Waals surface area contributed by atoms with Crippen LogP contribution in [-0.4, -0.2) is 66.0 Å². The molecule has 206 valence electrons. The van der Waals surface area contributed by atoms with E-state index in [2.05, 4.69) is 15.4 Å². The van der Waals surface area contributed by atoms with Gasteiger partial charge in [0.05, 0.1) is 7.11 Å². The molecule has 11 heteroatoms. The van der Waals surface area contributed by atoms with Crippen molar-refractivity contribution in [2.75, 3.05) is 13.7 Å². The summed E-state index contributed by atoms with van der Waals surface area (Å²) in [6.07, 6.45) is -1.13. The topological polar surface area (TPSA) is 157 Å². The summed E-state index contributed by atoms with van der Waals surface area (Å²) in [4.78, 5) is 64.3. The van der Waals surface area contributed by atoms with Crippen molar-refractivity contribution < 1.29 is 33.4 Å². The Balaban J connectivity index is 3.51. The van der Waals surface area contributed by atoms with Crippen LogP contribution in [-0.2, 0) is 28.7 Å². The molecule has 1 rings (SSSR count). The lowest BCUT2D eigenvalue weighted by molar-refractivity contribution is -0.146. The Morgan fingerprint density at radius 2 is 1.68 bits per heavy atom. The molecule has 0 aliphatic carbocycles. The van der Waals surface area contributed by atoms with E-state index in [0.29, 0.717) is 5.56 Å². The third-order valence-electron chi connectivity index (χ3n) is 5.49. The molecule has 1 aromatic carbocycles. The van der Waals surface area contributed by atoms with Crippen LogP contribution >= 0.6 is 0 Å². The van der Waals surface area contributed by atoms with E-state index in [1.807, 2.05) is 19.9 Å². The third-order valence-corrected chi connectivity index (χ3v) is 5.49. The van der Waals surface area contributed by atoms with Crippen LogP contribution in [0.1, 0.15) is 70.2 Å². The van der Waals surface area contributed by atoms with Gasteiger partial charge in [-0.1, -0.05) is 18.2 Å². The first-order valence-corrected chi connectivity index (χ1v) is 12.1. The summed E-state index contributed by atoms with van der Waals surface area (Å²) in [5.74, 6) is -2.53. The lowest BCUT2D eigenvalue weighted by atomic mass is 9.97. The number of primary amides is 1. The molecule has 0 bridgehead atoms. The average molecular weight is 521 g/mol. The zero-order valence-corrected chi connectivity index (χ0v) is 23.0. The van der Waals surface area contributed by atoms with Gasteiger partial charge in [-0.25, -0.2) is 4.79 Å². The molecule has 0 spiro atoms. The van der Waals surface area contributed by atoms with E-state index in [1.165, 1.54) is 12.0 Å². The van der Waals surface area contributed by atoms with Crippen LogP contribution in [0.15, 0.2) is 18.2 Å². The van der Waals surface area contributed by atoms with Crippen molar-refractivity contribution >= 4 is 29.8 Å². The molecule has 0 aromatic heterocycles. The van der Waals surface area contributed by atoms with E-state index in [9.17, 15) is 24.0 Å². The molecule has 0 saturated carbocycles. The second-order valence-electron chi connectivity index (χ2n) is 10.1. The van der Waals surface area contributed by atoms with Gasteiger partial charge in [-0.15, -0.1) is 0 Å². The molecule has 0 fully saturated rings. The van der Waals surface area contributed by atoms with E-state index in [4.69, 9.17) is 10.5 Å². The van der Waals surface area contributed by atoms with Gasteiger partial charge in [0.25, 0.3) is 0 Å². The first-order chi connectivity index (χ1) is 17.1. The van der Waals surface area contributed by atoms with Gasteiger partial charge in [0, 0.05) is 12.5 Å². The SMILES string of the molecule is COC(=O)CNC(=O)C(c1ccc(C)c(C)c1)N(C(=O)C(CCC(N)=O)NC(=O)OC(C)(C)C)C(C)C. The van der Waals surface area contributed by atoms with Crippen molar-refractivity contribution in [2.45, 2.75) is 85.0 Å². The third kappa shape index (κ3) is 10.1. The maximum Gasteiger partial charge on any atom is 0.408 e. The standard InChI is InChI=1S/C26H40N4O7/c1-15(2)30(24(34)19(11-12-20(27)31)29-25(35)37-26(5,6)7)22(23(33)28-14-21(32)36-8)18-10-9-16(3)17(4)13-18/h9-10,13,15,19,22H,11-12,14H2,1-8H3,(H2,27,31)(H,28,33)(H,29,35). The number of rotatable bonds is 11. The number of esters is 1. The Morgan fingerprint density at radius 3 is 2.16 bits per heavy atom. The summed E-state index contributed by atoms with van der Waals surface area (Å²) < 4.78 is 9.91. The molecule has 2 atom stereocenters. The van der Waals surface area contributed by atoms with Crippen molar-refractivity contribution in [3.8, 4) is 0 Å². The molecule has 0 aliphatic heterocycles. The summed E-state index contributed by atoms with van der Waals surface area (Å²) in [5.41, 5.74) is 6.88. The highest BCUT2D eigenvalue weighted by Gasteiger charge is 2.38. The van der Waals surface area contributed by atoms with Gasteiger partial charge in [0.15, 0.2) is 0 Å². The van der Waals surface area contributed by atoms with Gasteiger partial charge in [-0.2, -0.15) is 0 Å². The van der Waals surface area contributed by atoms with Crippen LogP contribution in [0.25, 0.3) is 0 Å². The minimum atomic E-state index is -1.20. The summed E-state index contributed by atoms with van der Waals surface area (Å²) in [5, 5.41) is 5.05.